The second-order valence-electron chi connectivity index (χ2n) is 4.76. The molecule has 0 spiro atoms. The maximum absolute atomic E-state index is 5.80. The molecule has 1 aromatic heterocycles. The molecule has 0 saturated carbocycles. The normalized spacial score (nSPS) is 21.4. The van der Waals surface area contributed by atoms with Crippen molar-refractivity contribution in [3.63, 3.8) is 0 Å². The molecule has 0 amide bonds. The van der Waals surface area contributed by atoms with E-state index in [1.54, 1.807) is 0 Å². The lowest BCUT2D eigenvalue weighted by molar-refractivity contribution is 0.250. The van der Waals surface area contributed by atoms with Crippen molar-refractivity contribution < 1.29 is 4.42 Å². The fraction of sp³-hybridized carbons (Fsp3) is 0.429. The zero-order valence-electron chi connectivity index (χ0n) is 9.93. The minimum Gasteiger partial charge on any atom is -0.464 e. The van der Waals surface area contributed by atoms with Gasteiger partial charge < -0.3 is 10.2 Å². The predicted octanol–water partition coefficient (Wildman–Crippen LogP) is 2.36. The van der Waals surface area contributed by atoms with Crippen molar-refractivity contribution in [3.8, 4) is 0 Å². The first-order valence-corrected chi connectivity index (χ1v) is 6.27. The topological polar surface area (TPSA) is 42.4 Å². The Morgan fingerprint density at radius 3 is 3.12 bits per heavy atom. The number of furan rings is 1. The van der Waals surface area contributed by atoms with E-state index < -0.39 is 0 Å². The number of fused-ring (bicyclic) bond motifs is 1. The summed E-state index contributed by atoms with van der Waals surface area (Å²) in [5.41, 5.74) is 8.06. The van der Waals surface area contributed by atoms with E-state index in [0.29, 0.717) is 6.04 Å². The monoisotopic (exact) mass is 230 g/mol. The molecule has 2 heterocycles. The third kappa shape index (κ3) is 1.96. The van der Waals surface area contributed by atoms with Gasteiger partial charge >= 0.3 is 0 Å². The molecule has 1 saturated heterocycles. The summed E-state index contributed by atoms with van der Waals surface area (Å²) >= 11 is 0. The Morgan fingerprint density at radius 1 is 1.35 bits per heavy atom. The van der Waals surface area contributed by atoms with Crippen LogP contribution in [-0.2, 0) is 6.54 Å². The van der Waals surface area contributed by atoms with Crippen LogP contribution in [0.15, 0.2) is 34.9 Å². The van der Waals surface area contributed by atoms with Crippen LogP contribution in [-0.4, -0.2) is 24.0 Å². The lowest BCUT2D eigenvalue weighted by Crippen LogP contribution is -2.34. The molecule has 2 N–H and O–H groups in total. The molecule has 0 radical (unpaired) electrons. The first kappa shape index (κ1) is 10.8. The van der Waals surface area contributed by atoms with Crippen LogP contribution in [0.3, 0.4) is 0 Å². The van der Waals surface area contributed by atoms with Gasteiger partial charge in [0.05, 0.1) is 6.26 Å². The number of hydrogen-bond donors (Lipinski definition) is 1. The summed E-state index contributed by atoms with van der Waals surface area (Å²) in [7, 11) is 0. The van der Waals surface area contributed by atoms with E-state index in [1.165, 1.54) is 23.8 Å². The van der Waals surface area contributed by atoms with E-state index in [9.17, 15) is 0 Å². The predicted molar refractivity (Wildman–Crippen MR) is 68.7 cm³/mol. The second-order valence-corrected chi connectivity index (χ2v) is 4.76. The summed E-state index contributed by atoms with van der Waals surface area (Å²) in [5.74, 6) is 0. The molecule has 1 fully saturated rings. The van der Waals surface area contributed by atoms with E-state index in [-0.39, 0.29) is 0 Å². The van der Waals surface area contributed by atoms with Gasteiger partial charge in [0.2, 0.25) is 0 Å². The average molecular weight is 230 g/mol. The van der Waals surface area contributed by atoms with Crippen molar-refractivity contribution in [1.29, 1.82) is 0 Å². The molecule has 17 heavy (non-hydrogen) atoms. The van der Waals surface area contributed by atoms with Crippen LogP contribution in [0.5, 0.6) is 0 Å². The van der Waals surface area contributed by atoms with E-state index in [4.69, 9.17) is 10.2 Å². The van der Waals surface area contributed by atoms with Gasteiger partial charge in [-0.25, -0.2) is 0 Å². The highest BCUT2D eigenvalue weighted by Crippen LogP contribution is 2.25. The zero-order valence-corrected chi connectivity index (χ0v) is 9.93. The van der Waals surface area contributed by atoms with Crippen molar-refractivity contribution in [2.45, 2.75) is 25.4 Å². The molecule has 1 aromatic carbocycles. The minimum absolute atomic E-state index is 0.545. The average Bonchev–Trinajstić information content (AvgIpc) is 2.97. The third-order valence-corrected chi connectivity index (χ3v) is 3.71. The highest BCUT2D eigenvalue weighted by molar-refractivity contribution is 5.80. The Kier molecular flexibility index (Phi) is 2.87. The first-order valence-electron chi connectivity index (χ1n) is 6.27. The number of nitrogens with zero attached hydrogens (tertiary/aromatic N) is 1. The van der Waals surface area contributed by atoms with Crippen LogP contribution in [0.2, 0.25) is 0 Å². The number of likely N-dealkylation sites (tertiary alicyclic amines) is 1. The molecule has 1 atom stereocenters. The molecular formula is C14H18N2O. The highest BCUT2D eigenvalue weighted by atomic mass is 16.3. The van der Waals surface area contributed by atoms with Gasteiger partial charge in [-0.1, -0.05) is 18.2 Å². The zero-order chi connectivity index (χ0) is 11.7. The molecular weight excluding hydrogens is 212 g/mol. The van der Waals surface area contributed by atoms with Gasteiger partial charge in [-0.15, -0.1) is 0 Å². The fourth-order valence-corrected chi connectivity index (χ4v) is 2.74. The van der Waals surface area contributed by atoms with Gasteiger partial charge in [-0.3, -0.25) is 4.90 Å². The van der Waals surface area contributed by atoms with Crippen LogP contribution in [0.4, 0.5) is 0 Å². The standard InChI is InChI=1S/C14H18N2O/c15-8-12-4-3-7-16(12)9-11-10-17-14-6-2-1-5-13(11)14/h1-2,5-6,10,12H,3-4,7-9,15H2. The van der Waals surface area contributed by atoms with Crippen LogP contribution in [0, 0.1) is 0 Å². The molecule has 3 heteroatoms. The molecule has 0 bridgehead atoms. The lowest BCUT2D eigenvalue weighted by atomic mass is 10.1. The Labute approximate surface area is 101 Å². The molecule has 90 valence electrons. The number of para-hydroxylation sites is 1. The van der Waals surface area contributed by atoms with E-state index in [2.05, 4.69) is 17.0 Å². The van der Waals surface area contributed by atoms with E-state index in [0.717, 1.165) is 25.2 Å². The first-order chi connectivity index (χ1) is 8.38. The molecule has 1 aliphatic heterocycles. The quantitative estimate of drug-likeness (QED) is 0.880. The molecule has 1 unspecified atom stereocenters. The van der Waals surface area contributed by atoms with Crippen molar-refractivity contribution in [3.05, 3.63) is 36.1 Å². The van der Waals surface area contributed by atoms with Crippen molar-refractivity contribution in [2.75, 3.05) is 13.1 Å². The van der Waals surface area contributed by atoms with Gasteiger partial charge in [-0.2, -0.15) is 0 Å². The smallest absolute Gasteiger partial charge is 0.134 e. The Hall–Kier alpha value is -1.32. The second kappa shape index (κ2) is 4.51. The maximum atomic E-state index is 5.80. The fourth-order valence-electron chi connectivity index (χ4n) is 2.74. The highest BCUT2D eigenvalue weighted by Gasteiger charge is 2.23. The molecule has 3 rings (SSSR count). The SMILES string of the molecule is NCC1CCCN1Cc1coc2ccccc12. The van der Waals surface area contributed by atoms with Crippen molar-refractivity contribution in [2.24, 2.45) is 5.73 Å². The largest absolute Gasteiger partial charge is 0.464 e. The lowest BCUT2D eigenvalue weighted by Gasteiger charge is -2.22. The van der Waals surface area contributed by atoms with Gasteiger partial charge in [0.1, 0.15) is 5.58 Å². The molecule has 0 aliphatic carbocycles. The molecule has 3 nitrogen and oxygen atoms in total. The van der Waals surface area contributed by atoms with Gasteiger partial charge in [-0.05, 0) is 25.5 Å². The van der Waals surface area contributed by atoms with Crippen molar-refractivity contribution in [1.82, 2.24) is 4.90 Å². The number of rotatable bonds is 3. The van der Waals surface area contributed by atoms with Crippen molar-refractivity contribution >= 4 is 11.0 Å². The van der Waals surface area contributed by atoms with Gasteiger partial charge in [0.15, 0.2) is 0 Å². The molecule has 2 aromatic rings. The maximum Gasteiger partial charge on any atom is 0.134 e. The summed E-state index contributed by atoms with van der Waals surface area (Å²) in [4.78, 5) is 2.47. The van der Waals surface area contributed by atoms with Crippen LogP contribution < -0.4 is 5.73 Å². The summed E-state index contributed by atoms with van der Waals surface area (Å²) in [5, 5.41) is 1.23. The van der Waals surface area contributed by atoms with E-state index >= 15 is 0 Å². The van der Waals surface area contributed by atoms with Crippen LogP contribution in [0.25, 0.3) is 11.0 Å². The summed E-state index contributed by atoms with van der Waals surface area (Å²) in [6.07, 6.45) is 4.38. The Balaban J connectivity index is 1.85. The number of benzene rings is 1. The Morgan fingerprint density at radius 2 is 2.24 bits per heavy atom. The third-order valence-electron chi connectivity index (χ3n) is 3.71. The Bertz CT molecular complexity index is 506. The number of nitrogens with two attached hydrogens (primary N) is 1. The molecule has 1 aliphatic rings. The number of hydrogen-bond acceptors (Lipinski definition) is 3. The van der Waals surface area contributed by atoms with E-state index in [1.807, 2.05) is 18.4 Å². The van der Waals surface area contributed by atoms with Gasteiger partial charge in [0.25, 0.3) is 0 Å². The van der Waals surface area contributed by atoms with Crippen LogP contribution in [0.1, 0.15) is 18.4 Å². The van der Waals surface area contributed by atoms with Crippen LogP contribution >= 0.6 is 0 Å². The van der Waals surface area contributed by atoms with Gasteiger partial charge in [0, 0.05) is 30.1 Å². The minimum atomic E-state index is 0.545. The summed E-state index contributed by atoms with van der Waals surface area (Å²) in [6, 6.07) is 8.76. The summed E-state index contributed by atoms with van der Waals surface area (Å²) in [6.45, 7) is 2.87. The summed E-state index contributed by atoms with van der Waals surface area (Å²) < 4.78 is 5.57.